The van der Waals surface area contributed by atoms with E-state index < -0.39 is 40.9 Å². The number of aliphatic hydroxyl groups excluding tert-OH is 1. The van der Waals surface area contributed by atoms with Crippen molar-refractivity contribution < 1.29 is 28.5 Å². The van der Waals surface area contributed by atoms with Crippen LogP contribution < -0.4 is 10.1 Å². The number of hydrogen-bond acceptors (Lipinski definition) is 5. The molecule has 10 heteroatoms. The van der Waals surface area contributed by atoms with E-state index in [1.54, 1.807) is 50.2 Å². The largest absolute Gasteiger partial charge is 0.489 e. The SMILES string of the molecule is CC(C)(O)COc1ccc(C(O)C(CN2CCCC2)NC(=O)C(F)(F)C2Cc3ccccc3C2Cl)cc1Cl. The fourth-order valence-electron chi connectivity index (χ4n) is 5.06. The lowest BCUT2D eigenvalue weighted by molar-refractivity contribution is -0.155. The highest BCUT2D eigenvalue weighted by molar-refractivity contribution is 6.32. The van der Waals surface area contributed by atoms with Crippen LogP contribution in [0.2, 0.25) is 5.02 Å². The van der Waals surface area contributed by atoms with Crippen LogP contribution in [0.3, 0.4) is 0 Å². The standard InChI is InChI=1S/C28H34Cl2F2N2O4/c1-27(2,37)16-38-23-10-9-18(14-21(23)29)25(35)22(15-34-11-5-6-12-34)33-26(36)28(31,32)20-13-17-7-3-4-8-19(17)24(20)30/h3-4,7-10,14,20,22,24-25,35,37H,5-6,11-13,15-16H2,1-2H3,(H,33,36). The van der Waals surface area contributed by atoms with E-state index in [2.05, 4.69) is 5.32 Å². The number of halogens is 4. The van der Waals surface area contributed by atoms with E-state index in [-0.39, 0.29) is 24.6 Å². The second-order valence-corrected chi connectivity index (χ2v) is 11.7. The normalized spacial score (nSPS) is 21.7. The smallest absolute Gasteiger partial charge is 0.329 e. The second kappa shape index (κ2) is 11.6. The van der Waals surface area contributed by atoms with Crippen LogP contribution in [0.5, 0.6) is 5.75 Å². The number of nitrogens with zero attached hydrogens (tertiary/aromatic N) is 1. The predicted octanol–water partition coefficient (Wildman–Crippen LogP) is 4.89. The van der Waals surface area contributed by atoms with E-state index in [1.165, 1.54) is 6.07 Å². The molecule has 1 heterocycles. The van der Waals surface area contributed by atoms with Crippen molar-refractivity contribution in [1.82, 2.24) is 10.2 Å². The van der Waals surface area contributed by atoms with Gasteiger partial charge in [-0.3, -0.25) is 4.79 Å². The van der Waals surface area contributed by atoms with Crippen molar-refractivity contribution >= 4 is 29.1 Å². The molecule has 0 saturated carbocycles. The number of alkyl halides is 3. The molecule has 38 heavy (non-hydrogen) atoms. The van der Waals surface area contributed by atoms with Crippen molar-refractivity contribution in [2.75, 3.05) is 26.2 Å². The fourth-order valence-corrected chi connectivity index (χ4v) is 5.77. The first-order valence-corrected chi connectivity index (χ1v) is 13.6. The Bertz CT molecular complexity index is 1140. The van der Waals surface area contributed by atoms with Crippen LogP contribution in [0.4, 0.5) is 8.78 Å². The van der Waals surface area contributed by atoms with Crippen LogP contribution in [-0.4, -0.2) is 64.8 Å². The molecular weight excluding hydrogens is 537 g/mol. The molecule has 1 aliphatic heterocycles. The molecule has 2 aliphatic rings. The number of nitrogens with one attached hydrogen (secondary N) is 1. The summed E-state index contributed by atoms with van der Waals surface area (Å²) < 4.78 is 36.6. The van der Waals surface area contributed by atoms with Gasteiger partial charge in [0.1, 0.15) is 18.5 Å². The van der Waals surface area contributed by atoms with Crippen molar-refractivity contribution in [2.45, 2.75) is 62.2 Å². The average Bonchev–Trinajstić information content (AvgIpc) is 3.50. The van der Waals surface area contributed by atoms with Crippen molar-refractivity contribution in [3.8, 4) is 5.75 Å². The third kappa shape index (κ3) is 6.59. The highest BCUT2D eigenvalue weighted by Crippen LogP contribution is 2.48. The lowest BCUT2D eigenvalue weighted by atomic mass is 9.95. The van der Waals surface area contributed by atoms with Crippen molar-refractivity contribution in [3.05, 3.63) is 64.2 Å². The number of benzene rings is 2. The summed E-state index contributed by atoms with van der Waals surface area (Å²) in [5, 5.41) is 22.8. The summed E-state index contributed by atoms with van der Waals surface area (Å²) in [7, 11) is 0. The zero-order chi connectivity index (χ0) is 27.7. The minimum absolute atomic E-state index is 0.00391. The Morgan fingerprint density at radius 3 is 2.53 bits per heavy atom. The molecule has 4 unspecified atom stereocenters. The number of hydrogen-bond donors (Lipinski definition) is 3. The van der Waals surface area contributed by atoms with Crippen molar-refractivity contribution in [1.29, 1.82) is 0 Å². The van der Waals surface area contributed by atoms with Gasteiger partial charge in [0.25, 0.3) is 5.91 Å². The number of fused-ring (bicyclic) bond motifs is 1. The monoisotopic (exact) mass is 570 g/mol. The van der Waals surface area contributed by atoms with Crippen LogP contribution in [0.1, 0.15) is 54.9 Å². The minimum atomic E-state index is -3.75. The summed E-state index contributed by atoms with van der Waals surface area (Å²) in [6.07, 6.45) is 0.607. The van der Waals surface area contributed by atoms with E-state index in [9.17, 15) is 15.0 Å². The second-order valence-electron chi connectivity index (χ2n) is 10.9. The molecule has 4 atom stereocenters. The Kier molecular flexibility index (Phi) is 8.89. The Balaban J connectivity index is 1.52. The number of ether oxygens (including phenoxy) is 1. The molecule has 0 radical (unpaired) electrons. The maximum atomic E-state index is 15.5. The molecule has 4 rings (SSSR count). The van der Waals surface area contributed by atoms with Gasteiger partial charge in [-0.2, -0.15) is 8.78 Å². The van der Waals surface area contributed by atoms with Crippen LogP contribution in [-0.2, 0) is 11.2 Å². The molecule has 0 aromatic heterocycles. The van der Waals surface area contributed by atoms with Crippen molar-refractivity contribution in [3.63, 3.8) is 0 Å². The molecule has 1 aliphatic carbocycles. The zero-order valence-corrected chi connectivity index (χ0v) is 23.0. The lowest BCUT2D eigenvalue weighted by Crippen LogP contribution is -2.54. The van der Waals surface area contributed by atoms with Gasteiger partial charge in [0.15, 0.2) is 0 Å². The molecule has 2 aromatic rings. The summed E-state index contributed by atoms with van der Waals surface area (Å²) in [6.45, 7) is 4.90. The first kappa shape index (κ1) is 29.0. The van der Waals surface area contributed by atoms with Crippen LogP contribution in [0, 0.1) is 5.92 Å². The summed E-state index contributed by atoms with van der Waals surface area (Å²) in [6, 6.07) is 10.5. The highest BCUT2D eigenvalue weighted by atomic mass is 35.5. The first-order valence-electron chi connectivity index (χ1n) is 12.8. The summed E-state index contributed by atoms with van der Waals surface area (Å²) in [4.78, 5) is 15.1. The predicted molar refractivity (Wildman–Crippen MR) is 143 cm³/mol. The molecule has 0 bridgehead atoms. The minimum Gasteiger partial charge on any atom is -0.489 e. The van der Waals surface area contributed by atoms with Crippen LogP contribution >= 0.6 is 23.2 Å². The van der Waals surface area contributed by atoms with Gasteiger partial charge >= 0.3 is 5.92 Å². The molecular formula is C28H34Cl2F2N2O4. The molecule has 2 aromatic carbocycles. The average molecular weight is 571 g/mol. The summed E-state index contributed by atoms with van der Waals surface area (Å²) in [5.74, 6) is -6.29. The number of likely N-dealkylation sites (tertiary alicyclic amines) is 1. The molecule has 1 fully saturated rings. The highest BCUT2D eigenvalue weighted by Gasteiger charge is 2.54. The Hall–Kier alpha value is -1.97. The molecule has 1 amide bonds. The van der Waals surface area contributed by atoms with Crippen molar-refractivity contribution in [2.24, 2.45) is 5.92 Å². The Labute approximate surface area is 231 Å². The molecule has 3 N–H and O–H groups in total. The molecule has 0 spiro atoms. The van der Waals surface area contributed by atoms with Gasteiger partial charge < -0.3 is 25.2 Å². The molecule has 208 valence electrons. The zero-order valence-electron chi connectivity index (χ0n) is 21.5. The van der Waals surface area contributed by atoms with Crippen LogP contribution in [0.15, 0.2) is 42.5 Å². The van der Waals surface area contributed by atoms with Gasteiger partial charge in [0, 0.05) is 6.54 Å². The van der Waals surface area contributed by atoms with Gasteiger partial charge in [-0.1, -0.05) is 41.9 Å². The van der Waals surface area contributed by atoms with Gasteiger partial charge in [0.2, 0.25) is 0 Å². The maximum Gasteiger partial charge on any atom is 0.329 e. The van der Waals surface area contributed by atoms with Gasteiger partial charge in [-0.15, -0.1) is 11.6 Å². The van der Waals surface area contributed by atoms with E-state index in [1.807, 2.05) is 4.90 Å². The fraction of sp³-hybridized carbons (Fsp3) is 0.536. The quantitative estimate of drug-likeness (QED) is 0.354. The maximum absolute atomic E-state index is 15.5. The van der Waals surface area contributed by atoms with E-state index >= 15 is 8.78 Å². The number of aliphatic hydroxyl groups is 2. The van der Waals surface area contributed by atoms with Gasteiger partial charge in [-0.05, 0) is 75.0 Å². The number of amides is 1. The van der Waals surface area contributed by atoms with Gasteiger partial charge in [-0.25, -0.2) is 0 Å². The van der Waals surface area contributed by atoms with E-state index in [0.29, 0.717) is 22.4 Å². The molecule has 6 nitrogen and oxygen atoms in total. The lowest BCUT2D eigenvalue weighted by Gasteiger charge is -2.32. The van der Waals surface area contributed by atoms with E-state index in [4.69, 9.17) is 27.9 Å². The third-order valence-corrected chi connectivity index (χ3v) is 7.98. The topological polar surface area (TPSA) is 82.0 Å². The molecule has 1 saturated heterocycles. The third-order valence-electron chi connectivity index (χ3n) is 7.14. The Morgan fingerprint density at radius 1 is 1.21 bits per heavy atom. The van der Waals surface area contributed by atoms with E-state index in [0.717, 1.165) is 25.9 Å². The van der Waals surface area contributed by atoms with Crippen LogP contribution in [0.25, 0.3) is 0 Å². The number of rotatable bonds is 10. The first-order chi connectivity index (χ1) is 17.9. The number of carbonyl (C=O) groups is 1. The Morgan fingerprint density at radius 2 is 1.89 bits per heavy atom. The number of carbonyl (C=O) groups excluding carboxylic acids is 1. The summed E-state index contributed by atoms with van der Waals surface area (Å²) in [5.41, 5.74) is 0.601. The van der Waals surface area contributed by atoms with Gasteiger partial charge in [0.05, 0.1) is 28.0 Å². The summed E-state index contributed by atoms with van der Waals surface area (Å²) >= 11 is 12.7.